The summed E-state index contributed by atoms with van der Waals surface area (Å²) in [5.41, 5.74) is -4.34. The molecule has 1 amide bonds. The fourth-order valence-corrected chi connectivity index (χ4v) is 3.49. The van der Waals surface area contributed by atoms with Gasteiger partial charge in [0.25, 0.3) is 5.72 Å². The normalized spacial score (nSPS) is 30.8. The molecule has 0 unspecified atom stereocenters. The van der Waals surface area contributed by atoms with Crippen LogP contribution in [0.4, 0.5) is 18.0 Å². The summed E-state index contributed by atoms with van der Waals surface area (Å²) in [6.45, 7) is 10.5. The number of rotatable bonds is 0. The zero-order valence-electron chi connectivity index (χ0n) is 15.6. The number of amides is 1. The average Bonchev–Trinajstić information content (AvgIpc) is 2.70. The first-order chi connectivity index (χ1) is 11.1. The van der Waals surface area contributed by atoms with Gasteiger partial charge in [-0.05, 0) is 51.4 Å². The van der Waals surface area contributed by atoms with E-state index in [0.717, 1.165) is 0 Å². The molecule has 1 fully saturated rings. The van der Waals surface area contributed by atoms with E-state index in [1.165, 1.54) is 0 Å². The van der Waals surface area contributed by atoms with Gasteiger partial charge in [0.1, 0.15) is 5.60 Å². The van der Waals surface area contributed by atoms with Gasteiger partial charge in [-0.15, -0.1) is 0 Å². The molecule has 5 nitrogen and oxygen atoms in total. The Balaban J connectivity index is 2.40. The van der Waals surface area contributed by atoms with E-state index >= 15 is 0 Å². The topological polar surface area (TPSA) is 62.1 Å². The monoisotopic (exact) mass is 364 g/mol. The van der Waals surface area contributed by atoms with Gasteiger partial charge in [0.2, 0.25) is 0 Å². The van der Waals surface area contributed by atoms with E-state index in [4.69, 9.17) is 4.74 Å². The Bertz CT molecular complexity index is 575. The van der Waals surface area contributed by atoms with E-state index in [9.17, 15) is 23.1 Å². The third-order valence-corrected chi connectivity index (χ3v) is 4.92. The van der Waals surface area contributed by atoms with Gasteiger partial charge in [0, 0.05) is 5.71 Å². The van der Waals surface area contributed by atoms with Crippen LogP contribution in [-0.4, -0.2) is 39.4 Å². The Morgan fingerprint density at radius 1 is 1.24 bits per heavy atom. The lowest BCUT2D eigenvalue weighted by Crippen LogP contribution is -2.62. The Kier molecular flexibility index (Phi) is 4.69. The van der Waals surface area contributed by atoms with Crippen LogP contribution in [0.2, 0.25) is 0 Å². The van der Waals surface area contributed by atoms with Crippen LogP contribution in [0.25, 0.3) is 0 Å². The van der Waals surface area contributed by atoms with Crippen molar-refractivity contribution < 1.29 is 27.8 Å². The molecule has 1 aliphatic carbocycles. The molecule has 0 aromatic carbocycles. The number of ether oxygens (including phenoxy) is 1. The summed E-state index contributed by atoms with van der Waals surface area (Å²) >= 11 is 0. The van der Waals surface area contributed by atoms with Crippen molar-refractivity contribution in [1.29, 1.82) is 0 Å². The molecular formula is C17H27F3N2O3. The molecule has 8 heteroatoms. The minimum Gasteiger partial charge on any atom is -0.442 e. The molecule has 1 heterocycles. The fourth-order valence-electron chi connectivity index (χ4n) is 3.49. The molecule has 0 bridgehead atoms. The van der Waals surface area contributed by atoms with E-state index in [2.05, 4.69) is 5.10 Å². The zero-order valence-corrected chi connectivity index (χ0v) is 15.6. The van der Waals surface area contributed by atoms with Crippen molar-refractivity contribution >= 4 is 11.8 Å². The first kappa shape index (κ1) is 20.0. The van der Waals surface area contributed by atoms with Gasteiger partial charge in [-0.3, -0.25) is 0 Å². The molecule has 144 valence electrons. The summed E-state index contributed by atoms with van der Waals surface area (Å²) in [6.07, 6.45) is -5.21. The van der Waals surface area contributed by atoms with Crippen LogP contribution in [0.1, 0.15) is 60.8 Å². The zero-order chi connectivity index (χ0) is 19.4. The molecule has 3 atom stereocenters. The van der Waals surface area contributed by atoms with Gasteiger partial charge in [0.05, 0.1) is 5.92 Å². The molecule has 0 spiro atoms. The van der Waals surface area contributed by atoms with Crippen molar-refractivity contribution in [3.8, 4) is 0 Å². The van der Waals surface area contributed by atoms with Crippen LogP contribution in [0.5, 0.6) is 0 Å². The second-order valence-electron chi connectivity index (χ2n) is 9.00. The molecule has 1 N–H and O–H groups in total. The summed E-state index contributed by atoms with van der Waals surface area (Å²) in [5.74, 6) is -1.28. The summed E-state index contributed by atoms with van der Waals surface area (Å²) < 4.78 is 46.5. The molecule has 1 aliphatic heterocycles. The number of hydrogen-bond acceptors (Lipinski definition) is 4. The number of hydrazone groups is 1. The van der Waals surface area contributed by atoms with Gasteiger partial charge in [0.15, 0.2) is 0 Å². The Hall–Kier alpha value is -1.31. The van der Waals surface area contributed by atoms with Crippen molar-refractivity contribution in [3.05, 3.63) is 0 Å². The molecule has 1 saturated carbocycles. The van der Waals surface area contributed by atoms with Gasteiger partial charge in [-0.1, -0.05) is 20.8 Å². The minimum atomic E-state index is -5.04. The van der Waals surface area contributed by atoms with Crippen molar-refractivity contribution in [2.75, 3.05) is 0 Å². The van der Waals surface area contributed by atoms with Gasteiger partial charge in [-0.2, -0.15) is 23.3 Å². The smallest absolute Gasteiger partial charge is 0.439 e. The highest BCUT2D eigenvalue weighted by Gasteiger charge is 2.70. The van der Waals surface area contributed by atoms with Gasteiger partial charge < -0.3 is 9.84 Å². The van der Waals surface area contributed by atoms with Crippen LogP contribution in [0.3, 0.4) is 0 Å². The summed E-state index contributed by atoms with van der Waals surface area (Å²) in [6, 6.07) is 0. The molecule has 2 aliphatic rings. The standard InChI is InChI=1S/C17H27F3N2O3/c1-14(2,3)10-7-8-12-11(9-10)16(24,17(18,19)20)22(21-12)13(23)25-15(4,5)6/h10-11,24H,7-9H2,1-6H3/t10-,11+,16-/m0/s1. The summed E-state index contributed by atoms with van der Waals surface area (Å²) in [4.78, 5) is 12.3. The van der Waals surface area contributed by atoms with Crippen LogP contribution in [-0.2, 0) is 4.74 Å². The first-order valence-corrected chi connectivity index (χ1v) is 8.47. The summed E-state index contributed by atoms with van der Waals surface area (Å²) in [7, 11) is 0. The average molecular weight is 364 g/mol. The quantitative estimate of drug-likeness (QED) is 0.697. The van der Waals surface area contributed by atoms with Crippen LogP contribution < -0.4 is 0 Å². The predicted molar refractivity (Wildman–Crippen MR) is 86.8 cm³/mol. The van der Waals surface area contributed by atoms with E-state index in [1.54, 1.807) is 20.8 Å². The maximum atomic E-state index is 13.8. The predicted octanol–water partition coefficient (Wildman–Crippen LogP) is 4.31. The molecular weight excluding hydrogens is 337 g/mol. The highest BCUT2D eigenvalue weighted by molar-refractivity contribution is 5.92. The molecule has 0 aromatic rings. The molecule has 0 radical (unpaired) electrons. The Morgan fingerprint density at radius 3 is 2.24 bits per heavy atom. The lowest BCUT2D eigenvalue weighted by molar-refractivity contribution is -0.317. The van der Waals surface area contributed by atoms with Gasteiger partial charge in [-0.25, -0.2) is 4.79 Å². The van der Waals surface area contributed by atoms with Crippen molar-refractivity contribution in [3.63, 3.8) is 0 Å². The SMILES string of the molecule is CC(C)(C)OC(=O)N1N=C2CC[C@H](C(C)(C)C)C[C@H]2[C@]1(O)C(F)(F)F. The number of alkyl halides is 3. The fraction of sp³-hybridized carbons (Fsp3) is 0.882. The second-order valence-corrected chi connectivity index (χ2v) is 9.00. The minimum absolute atomic E-state index is 0.0103. The number of aliphatic hydroxyl groups is 1. The van der Waals surface area contributed by atoms with Crippen molar-refractivity contribution in [2.24, 2.45) is 22.4 Å². The molecule has 0 aromatic heterocycles. The lowest BCUT2D eigenvalue weighted by atomic mass is 9.66. The highest BCUT2D eigenvalue weighted by atomic mass is 19.4. The number of halogens is 3. The Labute approximate surface area is 146 Å². The third-order valence-electron chi connectivity index (χ3n) is 4.92. The first-order valence-electron chi connectivity index (χ1n) is 8.47. The molecule has 25 heavy (non-hydrogen) atoms. The van der Waals surface area contributed by atoms with E-state index in [1.807, 2.05) is 20.8 Å². The lowest BCUT2D eigenvalue weighted by Gasteiger charge is -2.42. The van der Waals surface area contributed by atoms with Crippen molar-refractivity contribution in [2.45, 2.75) is 78.3 Å². The molecule has 2 rings (SSSR count). The third kappa shape index (κ3) is 3.64. The summed E-state index contributed by atoms with van der Waals surface area (Å²) in [5, 5.41) is 14.6. The molecule has 0 saturated heterocycles. The maximum Gasteiger partial charge on any atom is 0.439 e. The van der Waals surface area contributed by atoms with E-state index < -0.39 is 29.5 Å². The van der Waals surface area contributed by atoms with E-state index in [0.29, 0.717) is 12.8 Å². The highest BCUT2D eigenvalue weighted by Crippen LogP contribution is 2.52. The number of carbonyl (C=O) groups excluding carboxylic acids is 1. The van der Waals surface area contributed by atoms with Crippen LogP contribution in [0.15, 0.2) is 5.10 Å². The maximum absolute atomic E-state index is 13.8. The number of fused-ring (bicyclic) bond motifs is 1. The number of nitrogens with zero attached hydrogens (tertiary/aromatic N) is 2. The van der Waals surface area contributed by atoms with Crippen LogP contribution in [0, 0.1) is 17.3 Å². The largest absolute Gasteiger partial charge is 0.442 e. The van der Waals surface area contributed by atoms with E-state index in [-0.39, 0.29) is 28.5 Å². The van der Waals surface area contributed by atoms with Crippen LogP contribution >= 0.6 is 0 Å². The van der Waals surface area contributed by atoms with Gasteiger partial charge >= 0.3 is 12.3 Å². The Morgan fingerprint density at radius 2 is 1.80 bits per heavy atom. The van der Waals surface area contributed by atoms with Crippen molar-refractivity contribution in [1.82, 2.24) is 5.01 Å². The second kappa shape index (κ2) is 5.86. The number of hydrogen-bond donors (Lipinski definition) is 1. The number of carbonyl (C=O) groups is 1.